The van der Waals surface area contributed by atoms with Gasteiger partial charge in [0.15, 0.2) is 0 Å². The first-order valence-corrected chi connectivity index (χ1v) is 17.3. The predicted molar refractivity (Wildman–Crippen MR) is 174 cm³/mol. The summed E-state index contributed by atoms with van der Waals surface area (Å²) in [6.45, 7) is 7.89. The fourth-order valence-electron chi connectivity index (χ4n) is 4.62. The van der Waals surface area contributed by atoms with Crippen LogP contribution in [-0.2, 0) is 26.0 Å². The highest BCUT2D eigenvalue weighted by molar-refractivity contribution is 7.98. The molecular formula is C33H43N3O5S2. The van der Waals surface area contributed by atoms with Crippen LogP contribution in [0.25, 0.3) is 0 Å². The summed E-state index contributed by atoms with van der Waals surface area (Å²) in [5, 5.41) is 3.00. The second-order valence-corrected chi connectivity index (χ2v) is 12.9. The molecule has 2 amide bonds. The van der Waals surface area contributed by atoms with Crippen LogP contribution in [0.4, 0.5) is 5.69 Å². The van der Waals surface area contributed by atoms with E-state index in [0.717, 1.165) is 21.2 Å². The summed E-state index contributed by atoms with van der Waals surface area (Å²) in [5.41, 5.74) is 1.34. The topological polar surface area (TPSA) is 96.0 Å². The van der Waals surface area contributed by atoms with Crippen LogP contribution in [0.2, 0.25) is 0 Å². The summed E-state index contributed by atoms with van der Waals surface area (Å²) < 4.78 is 34.8. The lowest BCUT2D eigenvalue weighted by Gasteiger charge is -2.33. The molecule has 1 N–H and O–H groups in total. The molecule has 0 aromatic heterocycles. The van der Waals surface area contributed by atoms with Gasteiger partial charge in [-0.15, -0.1) is 11.8 Å². The lowest BCUT2D eigenvalue weighted by molar-refractivity contribution is -0.139. The highest BCUT2D eigenvalue weighted by atomic mass is 32.2. The smallest absolute Gasteiger partial charge is 0.264 e. The minimum atomic E-state index is -4.14. The molecule has 8 nitrogen and oxygen atoms in total. The molecule has 0 saturated carbocycles. The normalized spacial score (nSPS) is 12.7. The molecule has 0 bridgehead atoms. The minimum Gasteiger partial charge on any atom is -0.494 e. The molecule has 0 radical (unpaired) electrons. The van der Waals surface area contributed by atoms with Crippen LogP contribution in [0.15, 0.2) is 88.7 Å². The van der Waals surface area contributed by atoms with Crippen LogP contribution in [-0.4, -0.2) is 63.2 Å². The molecule has 43 heavy (non-hydrogen) atoms. The largest absolute Gasteiger partial charge is 0.494 e. The maximum atomic E-state index is 14.2. The molecule has 0 saturated heterocycles. The number of benzene rings is 3. The van der Waals surface area contributed by atoms with Crippen molar-refractivity contribution in [2.45, 2.75) is 68.8 Å². The van der Waals surface area contributed by atoms with Crippen molar-refractivity contribution in [3.63, 3.8) is 0 Å². The van der Waals surface area contributed by atoms with Gasteiger partial charge in [0.2, 0.25) is 11.8 Å². The Balaban J connectivity index is 2.02. The Labute approximate surface area is 260 Å². The van der Waals surface area contributed by atoms with E-state index in [1.807, 2.05) is 64.3 Å². The zero-order valence-electron chi connectivity index (χ0n) is 25.7. The molecule has 10 heteroatoms. The van der Waals surface area contributed by atoms with Crippen molar-refractivity contribution in [1.29, 1.82) is 0 Å². The number of hydrogen-bond acceptors (Lipinski definition) is 6. The summed E-state index contributed by atoms with van der Waals surface area (Å²) in [5.74, 6) is -0.113. The summed E-state index contributed by atoms with van der Waals surface area (Å²) in [6, 6.07) is 22.1. The fraction of sp³-hybridized carbons (Fsp3) is 0.394. The number of carbonyl (C=O) groups excluding carboxylic acids is 2. The Morgan fingerprint density at radius 1 is 0.907 bits per heavy atom. The van der Waals surface area contributed by atoms with Crippen molar-refractivity contribution in [2.75, 3.05) is 30.3 Å². The molecule has 0 fully saturated rings. The predicted octanol–water partition coefficient (Wildman–Crippen LogP) is 5.77. The first kappa shape index (κ1) is 34.0. The quantitative estimate of drug-likeness (QED) is 0.203. The van der Waals surface area contributed by atoms with Crippen LogP contribution in [0.1, 0.15) is 46.1 Å². The van der Waals surface area contributed by atoms with Gasteiger partial charge in [-0.25, -0.2) is 8.42 Å². The number of ether oxygens (including phenoxy) is 1. The number of nitrogens with zero attached hydrogens (tertiary/aromatic N) is 2. The SMILES string of the molecule is CCOc1ccc(N(CC(=O)N(CCc2ccccc2)[C@H](CC)C(=O)N[C@H](C)CC)S(=O)(=O)c2ccc(SC)cc2)cc1. The van der Waals surface area contributed by atoms with Gasteiger partial charge in [-0.3, -0.25) is 13.9 Å². The van der Waals surface area contributed by atoms with Crippen LogP contribution in [0.3, 0.4) is 0 Å². The molecular weight excluding hydrogens is 583 g/mol. The van der Waals surface area contributed by atoms with Gasteiger partial charge in [-0.2, -0.15) is 0 Å². The van der Waals surface area contributed by atoms with E-state index in [9.17, 15) is 18.0 Å². The van der Waals surface area contributed by atoms with Crippen LogP contribution < -0.4 is 14.4 Å². The lowest BCUT2D eigenvalue weighted by Crippen LogP contribution is -2.54. The first-order chi connectivity index (χ1) is 20.6. The molecule has 0 aliphatic heterocycles. The van der Waals surface area contributed by atoms with Gasteiger partial charge in [-0.05, 0) is 93.5 Å². The molecule has 0 aliphatic rings. The molecule has 0 heterocycles. The van der Waals surface area contributed by atoms with Crippen molar-refractivity contribution in [3.05, 3.63) is 84.4 Å². The van der Waals surface area contributed by atoms with Gasteiger partial charge >= 0.3 is 0 Å². The Morgan fingerprint density at radius 3 is 2.12 bits per heavy atom. The van der Waals surface area contributed by atoms with Crippen LogP contribution in [0, 0.1) is 0 Å². The zero-order valence-corrected chi connectivity index (χ0v) is 27.3. The Bertz CT molecular complexity index is 1420. The fourth-order valence-corrected chi connectivity index (χ4v) is 6.44. The summed E-state index contributed by atoms with van der Waals surface area (Å²) >= 11 is 1.51. The van der Waals surface area contributed by atoms with Gasteiger partial charge in [0.05, 0.1) is 17.2 Å². The standard InChI is InChI=1S/C33H43N3O5S2/c1-6-25(4)34-33(38)31(7-2)35(23-22-26-12-10-9-11-13-26)32(37)24-36(27-14-16-28(17-15-27)41-8-3)43(39,40)30-20-18-29(42-5)19-21-30/h9-21,25,31H,6-8,22-24H2,1-5H3,(H,34,38)/t25-,31-/m1/s1. The number of anilines is 1. The third-order valence-electron chi connectivity index (χ3n) is 7.23. The monoisotopic (exact) mass is 625 g/mol. The van der Waals surface area contributed by atoms with E-state index < -0.39 is 28.5 Å². The van der Waals surface area contributed by atoms with Crippen molar-refractivity contribution < 1.29 is 22.7 Å². The molecule has 232 valence electrons. The van der Waals surface area contributed by atoms with E-state index in [4.69, 9.17) is 4.74 Å². The van der Waals surface area contributed by atoms with Gasteiger partial charge in [-0.1, -0.05) is 44.2 Å². The number of hydrogen-bond donors (Lipinski definition) is 1. The van der Waals surface area contributed by atoms with Gasteiger partial charge < -0.3 is 15.0 Å². The number of sulfonamides is 1. The number of nitrogens with one attached hydrogen (secondary N) is 1. The molecule has 3 aromatic carbocycles. The van der Waals surface area contributed by atoms with Crippen LogP contribution >= 0.6 is 11.8 Å². The first-order valence-electron chi connectivity index (χ1n) is 14.7. The van der Waals surface area contributed by atoms with E-state index in [-0.39, 0.29) is 23.4 Å². The van der Waals surface area contributed by atoms with Gasteiger partial charge in [0.1, 0.15) is 18.3 Å². The molecule has 2 atom stereocenters. The third kappa shape index (κ3) is 9.24. The Morgan fingerprint density at radius 2 is 1.56 bits per heavy atom. The van der Waals surface area contributed by atoms with Crippen molar-refractivity contribution >= 4 is 39.3 Å². The Kier molecular flexibility index (Phi) is 12.9. The third-order valence-corrected chi connectivity index (χ3v) is 9.76. The van der Waals surface area contributed by atoms with Crippen LogP contribution in [0.5, 0.6) is 5.75 Å². The zero-order chi connectivity index (χ0) is 31.4. The van der Waals surface area contributed by atoms with E-state index in [1.54, 1.807) is 48.5 Å². The average Bonchev–Trinajstić information content (AvgIpc) is 3.02. The summed E-state index contributed by atoms with van der Waals surface area (Å²) in [4.78, 5) is 30.1. The molecule has 0 aliphatic carbocycles. The Hall–Kier alpha value is -3.50. The molecule has 0 spiro atoms. The lowest BCUT2D eigenvalue weighted by atomic mass is 10.1. The second kappa shape index (κ2) is 16.4. The number of amides is 2. The average molecular weight is 626 g/mol. The highest BCUT2D eigenvalue weighted by Crippen LogP contribution is 2.28. The minimum absolute atomic E-state index is 0.0578. The molecule has 3 rings (SSSR count). The second-order valence-electron chi connectivity index (χ2n) is 10.2. The van der Waals surface area contributed by atoms with Gasteiger partial charge in [0, 0.05) is 17.5 Å². The number of thioether (sulfide) groups is 1. The summed E-state index contributed by atoms with van der Waals surface area (Å²) in [6.07, 6.45) is 3.57. The molecule has 3 aromatic rings. The van der Waals surface area contributed by atoms with Crippen molar-refractivity contribution in [1.82, 2.24) is 10.2 Å². The highest BCUT2D eigenvalue weighted by Gasteiger charge is 2.33. The van der Waals surface area contributed by atoms with E-state index >= 15 is 0 Å². The van der Waals surface area contributed by atoms with Gasteiger partial charge in [0.25, 0.3) is 10.0 Å². The summed E-state index contributed by atoms with van der Waals surface area (Å²) in [7, 11) is -4.14. The molecule has 0 unspecified atom stereocenters. The maximum Gasteiger partial charge on any atom is 0.264 e. The van der Waals surface area contributed by atoms with E-state index in [1.165, 1.54) is 16.7 Å². The maximum absolute atomic E-state index is 14.2. The number of rotatable bonds is 16. The van der Waals surface area contributed by atoms with E-state index in [2.05, 4.69) is 5.32 Å². The van der Waals surface area contributed by atoms with Crippen molar-refractivity contribution in [3.8, 4) is 5.75 Å². The number of carbonyl (C=O) groups is 2. The van der Waals surface area contributed by atoms with E-state index in [0.29, 0.717) is 30.9 Å². The van der Waals surface area contributed by atoms with Crippen molar-refractivity contribution in [2.24, 2.45) is 0 Å².